The first-order valence-corrected chi connectivity index (χ1v) is 10.9. The van der Waals surface area contributed by atoms with Crippen LogP contribution in [-0.2, 0) is 6.54 Å². The molecule has 1 aliphatic carbocycles. The van der Waals surface area contributed by atoms with E-state index in [2.05, 4.69) is 35.5 Å². The van der Waals surface area contributed by atoms with Crippen LogP contribution in [-0.4, -0.2) is 53.9 Å². The fourth-order valence-corrected chi connectivity index (χ4v) is 3.76. The van der Waals surface area contributed by atoms with Crippen molar-refractivity contribution >= 4 is 0 Å². The van der Waals surface area contributed by atoms with E-state index in [4.69, 9.17) is 9.47 Å². The molecule has 10 heteroatoms. The van der Waals surface area contributed by atoms with Gasteiger partial charge in [-0.25, -0.2) is 9.67 Å². The number of aromatic nitrogens is 8. The highest BCUT2D eigenvalue weighted by Gasteiger charge is 2.40. The molecular formula is C23H24N8O2. The summed E-state index contributed by atoms with van der Waals surface area (Å²) >= 11 is 0. The minimum atomic E-state index is 0.396. The Hall–Kier alpha value is -3.95. The summed E-state index contributed by atoms with van der Waals surface area (Å²) in [6.45, 7) is 5.07. The van der Waals surface area contributed by atoms with Gasteiger partial charge in [0.25, 0.3) is 0 Å². The Morgan fingerprint density at radius 2 is 1.97 bits per heavy atom. The topological polar surface area (TPSA) is 114 Å². The van der Waals surface area contributed by atoms with Crippen LogP contribution < -0.4 is 9.47 Å². The molecule has 33 heavy (non-hydrogen) atoms. The zero-order valence-electron chi connectivity index (χ0n) is 18.7. The van der Waals surface area contributed by atoms with Gasteiger partial charge >= 0.3 is 0 Å². The molecule has 1 saturated carbocycles. The Bertz CT molecular complexity index is 1240. The lowest BCUT2D eigenvalue weighted by Gasteiger charge is -2.11. The first-order valence-electron chi connectivity index (χ1n) is 10.9. The largest absolute Gasteiger partial charge is 0.495 e. The van der Waals surface area contributed by atoms with Crippen molar-refractivity contribution in [2.75, 3.05) is 13.7 Å². The van der Waals surface area contributed by atoms with Crippen molar-refractivity contribution in [3.63, 3.8) is 0 Å². The number of nitrogens with zero attached hydrogens (tertiary/aromatic N) is 8. The highest BCUT2D eigenvalue weighted by atomic mass is 16.5. The third-order valence-electron chi connectivity index (χ3n) is 5.74. The predicted molar refractivity (Wildman–Crippen MR) is 120 cm³/mol. The number of aryl methyl sites for hydroxylation is 2. The van der Waals surface area contributed by atoms with Crippen LogP contribution in [0.3, 0.4) is 0 Å². The first kappa shape index (κ1) is 20.9. The second kappa shape index (κ2) is 8.89. The molecule has 2 atom stereocenters. The molecule has 0 N–H and O–H groups in total. The molecule has 0 amide bonds. The fraction of sp³-hybridized carbons (Fsp3) is 0.348. The first-order chi connectivity index (χ1) is 16.2. The van der Waals surface area contributed by atoms with Gasteiger partial charge in [0.1, 0.15) is 17.3 Å². The molecule has 0 unspecified atom stereocenters. The van der Waals surface area contributed by atoms with E-state index < -0.39 is 0 Å². The number of ether oxygens (including phenoxy) is 2. The van der Waals surface area contributed by atoms with Gasteiger partial charge < -0.3 is 9.47 Å². The number of pyridine rings is 2. The van der Waals surface area contributed by atoms with E-state index in [1.165, 1.54) is 0 Å². The van der Waals surface area contributed by atoms with E-state index in [0.29, 0.717) is 48.2 Å². The minimum Gasteiger partial charge on any atom is -0.495 e. The molecule has 0 saturated heterocycles. The SMILES string of the molecule is CCn1nnnc1-c1ccc(-c2cnc(C)nc2OC[C@@H]2C[C@H]2c2ccc(OC)cn2)cn1. The van der Waals surface area contributed by atoms with Crippen LogP contribution in [0.4, 0.5) is 0 Å². The summed E-state index contributed by atoms with van der Waals surface area (Å²) in [6, 6.07) is 7.81. The molecule has 0 aromatic carbocycles. The van der Waals surface area contributed by atoms with E-state index >= 15 is 0 Å². The molecule has 0 radical (unpaired) electrons. The van der Waals surface area contributed by atoms with Crippen molar-refractivity contribution in [3.8, 4) is 34.3 Å². The van der Waals surface area contributed by atoms with Crippen LogP contribution in [0.5, 0.6) is 11.6 Å². The van der Waals surface area contributed by atoms with Gasteiger partial charge in [-0.3, -0.25) is 9.97 Å². The van der Waals surface area contributed by atoms with Gasteiger partial charge in [-0.15, -0.1) is 5.10 Å². The number of hydrogen-bond acceptors (Lipinski definition) is 9. The lowest BCUT2D eigenvalue weighted by Crippen LogP contribution is -2.06. The third kappa shape index (κ3) is 4.36. The lowest BCUT2D eigenvalue weighted by atomic mass is 10.1. The Kier molecular flexibility index (Phi) is 5.64. The summed E-state index contributed by atoms with van der Waals surface area (Å²) < 4.78 is 13.1. The van der Waals surface area contributed by atoms with Crippen LogP contribution >= 0.6 is 0 Å². The van der Waals surface area contributed by atoms with Crippen LogP contribution in [0.15, 0.2) is 42.9 Å². The van der Waals surface area contributed by atoms with E-state index in [-0.39, 0.29) is 0 Å². The average molecular weight is 444 g/mol. The van der Waals surface area contributed by atoms with E-state index in [1.807, 2.05) is 38.1 Å². The Morgan fingerprint density at radius 3 is 2.70 bits per heavy atom. The molecule has 168 valence electrons. The number of tetrazole rings is 1. The molecule has 1 aliphatic rings. The van der Waals surface area contributed by atoms with Crippen LogP contribution in [0, 0.1) is 12.8 Å². The Morgan fingerprint density at radius 1 is 1.06 bits per heavy atom. The van der Waals surface area contributed by atoms with Gasteiger partial charge in [0.15, 0.2) is 0 Å². The van der Waals surface area contributed by atoms with Crippen LogP contribution in [0.25, 0.3) is 22.6 Å². The minimum absolute atomic E-state index is 0.396. The second-order valence-corrected chi connectivity index (χ2v) is 7.92. The second-order valence-electron chi connectivity index (χ2n) is 7.92. The molecular weight excluding hydrogens is 420 g/mol. The maximum atomic E-state index is 6.16. The third-order valence-corrected chi connectivity index (χ3v) is 5.74. The summed E-state index contributed by atoms with van der Waals surface area (Å²) in [5.41, 5.74) is 3.44. The summed E-state index contributed by atoms with van der Waals surface area (Å²) in [6.07, 6.45) is 6.35. The Balaban J connectivity index is 1.30. The zero-order valence-corrected chi connectivity index (χ0v) is 18.7. The summed E-state index contributed by atoms with van der Waals surface area (Å²) in [5.74, 6) is 3.41. The smallest absolute Gasteiger partial charge is 0.224 e. The van der Waals surface area contributed by atoms with Gasteiger partial charge in [-0.05, 0) is 48.9 Å². The number of rotatable bonds is 8. The molecule has 1 fully saturated rings. The van der Waals surface area contributed by atoms with Gasteiger partial charge in [0, 0.05) is 42.0 Å². The van der Waals surface area contributed by atoms with Gasteiger partial charge in [-0.2, -0.15) is 4.98 Å². The molecule has 0 spiro atoms. The summed E-state index contributed by atoms with van der Waals surface area (Å²) in [7, 11) is 1.64. The molecule has 5 rings (SSSR count). The standard InChI is InChI=1S/C23H24N8O2/c1-4-31-22(28-29-30-31)21-7-5-15(10-25-21)19-12-24-14(2)27-23(19)33-13-16-9-18(16)20-8-6-17(32-3)11-26-20/h5-8,10-12,16,18H,4,9,13H2,1-3H3/t16-,18+/m0/s1. The fourth-order valence-electron chi connectivity index (χ4n) is 3.76. The van der Waals surface area contributed by atoms with Crippen molar-refractivity contribution in [2.24, 2.45) is 5.92 Å². The molecule has 4 heterocycles. The molecule has 0 bridgehead atoms. The summed E-state index contributed by atoms with van der Waals surface area (Å²) in [5, 5.41) is 11.8. The predicted octanol–water partition coefficient (Wildman–Crippen LogP) is 3.11. The van der Waals surface area contributed by atoms with E-state index in [1.54, 1.807) is 30.4 Å². The number of hydrogen-bond donors (Lipinski definition) is 0. The van der Waals surface area contributed by atoms with Crippen LogP contribution in [0.1, 0.15) is 30.8 Å². The normalized spacial score (nSPS) is 17.1. The van der Waals surface area contributed by atoms with Crippen molar-refractivity contribution < 1.29 is 9.47 Å². The summed E-state index contributed by atoms with van der Waals surface area (Å²) in [4.78, 5) is 18.0. The maximum Gasteiger partial charge on any atom is 0.224 e. The average Bonchev–Trinajstić information content (AvgIpc) is 3.48. The maximum absolute atomic E-state index is 6.16. The highest BCUT2D eigenvalue weighted by Crippen LogP contribution is 2.47. The highest BCUT2D eigenvalue weighted by molar-refractivity contribution is 5.68. The van der Waals surface area contributed by atoms with Gasteiger partial charge in [0.05, 0.1) is 25.5 Å². The van der Waals surface area contributed by atoms with Crippen molar-refractivity contribution in [1.82, 2.24) is 40.1 Å². The van der Waals surface area contributed by atoms with Crippen molar-refractivity contribution in [1.29, 1.82) is 0 Å². The zero-order chi connectivity index (χ0) is 22.8. The molecule has 10 nitrogen and oxygen atoms in total. The van der Waals surface area contributed by atoms with Crippen LogP contribution in [0.2, 0.25) is 0 Å². The van der Waals surface area contributed by atoms with Crippen molar-refractivity contribution in [3.05, 3.63) is 54.4 Å². The van der Waals surface area contributed by atoms with Gasteiger partial charge in [0.2, 0.25) is 11.7 Å². The quantitative estimate of drug-likeness (QED) is 0.404. The lowest BCUT2D eigenvalue weighted by molar-refractivity contribution is 0.285. The van der Waals surface area contributed by atoms with E-state index in [0.717, 1.165) is 29.0 Å². The molecule has 4 aromatic heterocycles. The van der Waals surface area contributed by atoms with E-state index in [9.17, 15) is 0 Å². The van der Waals surface area contributed by atoms with Crippen molar-refractivity contribution in [2.45, 2.75) is 32.7 Å². The monoisotopic (exact) mass is 444 g/mol. The number of methoxy groups -OCH3 is 1. The molecule has 0 aliphatic heterocycles. The Labute approximate surface area is 191 Å². The van der Waals surface area contributed by atoms with Gasteiger partial charge in [-0.1, -0.05) is 6.07 Å². The molecule has 4 aromatic rings.